The molecule has 0 bridgehead atoms. The first kappa shape index (κ1) is 14.7. The molecular formula is C10H15N3O6. The largest absolute Gasteiger partial charge is 0.480 e. The number of likely N-dealkylation sites (N-methyl/N-ethyl adjacent to an activating group) is 1. The van der Waals surface area contributed by atoms with Gasteiger partial charge in [0.2, 0.25) is 5.91 Å². The van der Waals surface area contributed by atoms with E-state index in [1.807, 2.05) is 0 Å². The first-order valence-corrected chi connectivity index (χ1v) is 5.55. The minimum Gasteiger partial charge on any atom is -0.480 e. The molecular weight excluding hydrogens is 258 g/mol. The van der Waals surface area contributed by atoms with Gasteiger partial charge in [-0.2, -0.15) is 0 Å². The SMILES string of the molecule is CN1CCC(NC(=O)N(CC(=O)O)CC(=O)O)C1=O. The van der Waals surface area contributed by atoms with Gasteiger partial charge in [-0.15, -0.1) is 0 Å². The number of carbonyl (C=O) groups excluding carboxylic acids is 2. The monoisotopic (exact) mass is 273 g/mol. The molecule has 1 rings (SSSR count). The molecule has 1 fully saturated rings. The maximum atomic E-state index is 11.7. The van der Waals surface area contributed by atoms with Crippen molar-refractivity contribution in [1.29, 1.82) is 0 Å². The number of carbonyl (C=O) groups is 4. The van der Waals surface area contributed by atoms with Gasteiger partial charge in [-0.3, -0.25) is 14.4 Å². The Bertz CT molecular complexity index is 394. The molecule has 1 aliphatic rings. The molecule has 3 amide bonds. The molecule has 0 aromatic rings. The molecule has 9 heteroatoms. The summed E-state index contributed by atoms with van der Waals surface area (Å²) in [5.74, 6) is -2.93. The highest BCUT2D eigenvalue weighted by Crippen LogP contribution is 2.08. The van der Waals surface area contributed by atoms with Crippen molar-refractivity contribution in [2.75, 3.05) is 26.7 Å². The number of amides is 3. The van der Waals surface area contributed by atoms with Crippen molar-refractivity contribution in [3.05, 3.63) is 0 Å². The third kappa shape index (κ3) is 4.12. The average Bonchev–Trinajstić information content (AvgIpc) is 2.59. The standard InChI is InChI=1S/C10H15N3O6/c1-12-3-2-6(9(12)18)11-10(19)13(4-7(14)15)5-8(16)17/h6H,2-5H2,1H3,(H,11,19)(H,14,15)(H,16,17). The molecule has 0 radical (unpaired) electrons. The number of nitrogens with zero attached hydrogens (tertiary/aromatic N) is 2. The van der Waals surface area contributed by atoms with Gasteiger partial charge in [0.1, 0.15) is 19.1 Å². The molecule has 106 valence electrons. The second kappa shape index (κ2) is 6.03. The molecule has 9 nitrogen and oxygen atoms in total. The van der Waals surface area contributed by atoms with E-state index in [0.717, 1.165) is 0 Å². The van der Waals surface area contributed by atoms with E-state index in [-0.39, 0.29) is 5.91 Å². The Labute approximate surface area is 108 Å². The molecule has 19 heavy (non-hydrogen) atoms. The summed E-state index contributed by atoms with van der Waals surface area (Å²) in [5.41, 5.74) is 0. The molecule has 0 aromatic heterocycles. The van der Waals surface area contributed by atoms with Crippen LogP contribution in [0.15, 0.2) is 0 Å². The highest BCUT2D eigenvalue weighted by Gasteiger charge is 2.32. The Kier molecular flexibility index (Phi) is 4.67. The summed E-state index contributed by atoms with van der Waals surface area (Å²) in [5, 5.41) is 19.6. The quantitative estimate of drug-likeness (QED) is 0.553. The summed E-state index contributed by atoms with van der Waals surface area (Å²) in [4.78, 5) is 46.5. The predicted octanol–water partition coefficient (Wildman–Crippen LogP) is -1.60. The summed E-state index contributed by atoms with van der Waals surface area (Å²) in [6.07, 6.45) is 0.412. The van der Waals surface area contributed by atoms with Crippen LogP contribution in [0.3, 0.4) is 0 Å². The van der Waals surface area contributed by atoms with Gasteiger partial charge in [-0.1, -0.05) is 0 Å². The topological polar surface area (TPSA) is 127 Å². The van der Waals surface area contributed by atoms with Gasteiger partial charge in [0.15, 0.2) is 0 Å². The lowest BCUT2D eigenvalue weighted by Gasteiger charge is -2.21. The maximum absolute atomic E-state index is 11.7. The van der Waals surface area contributed by atoms with Crippen LogP contribution in [0.1, 0.15) is 6.42 Å². The third-order valence-electron chi connectivity index (χ3n) is 2.66. The number of hydrogen-bond donors (Lipinski definition) is 3. The number of carboxylic acid groups (broad SMARTS) is 2. The Morgan fingerprint density at radius 3 is 2.21 bits per heavy atom. The van der Waals surface area contributed by atoms with E-state index in [0.29, 0.717) is 17.9 Å². The summed E-state index contributed by atoms with van der Waals surface area (Å²) in [6, 6.07) is -1.61. The molecule has 1 saturated heterocycles. The van der Waals surface area contributed by atoms with Crippen molar-refractivity contribution < 1.29 is 29.4 Å². The Balaban J connectivity index is 2.63. The smallest absolute Gasteiger partial charge is 0.323 e. The fourth-order valence-corrected chi connectivity index (χ4v) is 1.72. The zero-order valence-electron chi connectivity index (χ0n) is 10.3. The summed E-state index contributed by atoms with van der Waals surface area (Å²) < 4.78 is 0. The normalized spacial score (nSPS) is 18.3. The number of aliphatic carboxylic acids is 2. The van der Waals surface area contributed by atoms with E-state index < -0.39 is 37.1 Å². The Morgan fingerprint density at radius 2 is 1.84 bits per heavy atom. The molecule has 1 atom stereocenters. The van der Waals surface area contributed by atoms with Crippen LogP contribution in [-0.2, 0) is 14.4 Å². The lowest BCUT2D eigenvalue weighted by molar-refractivity contribution is -0.140. The van der Waals surface area contributed by atoms with Gasteiger partial charge >= 0.3 is 18.0 Å². The molecule has 1 aliphatic heterocycles. The minimum atomic E-state index is -1.33. The zero-order chi connectivity index (χ0) is 14.6. The number of rotatable bonds is 5. The van der Waals surface area contributed by atoms with Crippen LogP contribution in [0.25, 0.3) is 0 Å². The zero-order valence-corrected chi connectivity index (χ0v) is 10.3. The molecule has 0 saturated carbocycles. The molecule has 0 aromatic carbocycles. The van der Waals surface area contributed by atoms with Crippen LogP contribution in [-0.4, -0.2) is 76.6 Å². The fraction of sp³-hybridized carbons (Fsp3) is 0.600. The van der Waals surface area contributed by atoms with Crippen LogP contribution in [0.5, 0.6) is 0 Å². The maximum Gasteiger partial charge on any atom is 0.323 e. The van der Waals surface area contributed by atoms with Crippen molar-refractivity contribution in [1.82, 2.24) is 15.1 Å². The van der Waals surface area contributed by atoms with E-state index >= 15 is 0 Å². The van der Waals surface area contributed by atoms with Gasteiger partial charge in [-0.05, 0) is 6.42 Å². The first-order chi connectivity index (χ1) is 8.81. The highest BCUT2D eigenvalue weighted by molar-refractivity contribution is 5.90. The molecule has 1 unspecified atom stereocenters. The summed E-state index contributed by atoms with van der Waals surface area (Å²) >= 11 is 0. The Hall–Kier alpha value is -2.32. The predicted molar refractivity (Wildman–Crippen MR) is 61.4 cm³/mol. The van der Waals surface area contributed by atoms with Gasteiger partial charge in [0.25, 0.3) is 0 Å². The van der Waals surface area contributed by atoms with Crippen molar-refractivity contribution in [2.45, 2.75) is 12.5 Å². The van der Waals surface area contributed by atoms with Crippen molar-refractivity contribution in [3.8, 4) is 0 Å². The van der Waals surface area contributed by atoms with Gasteiger partial charge in [0.05, 0.1) is 0 Å². The molecule has 0 spiro atoms. The number of nitrogens with one attached hydrogen (secondary N) is 1. The van der Waals surface area contributed by atoms with Gasteiger partial charge < -0.3 is 25.3 Å². The third-order valence-corrected chi connectivity index (χ3v) is 2.66. The van der Waals surface area contributed by atoms with Crippen molar-refractivity contribution >= 4 is 23.9 Å². The minimum absolute atomic E-state index is 0.279. The lowest BCUT2D eigenvalue weighted by Crippen LogP contribution is -2.50. The Morgan fingerprint density at radius 1 is 1.32 bits per heavy atom. The van der Waals surface area contributed by atoms with Crippen molar-refractivity contribution in [2.24, 2.45) is 0 Å². The van der Waals surface area contributed by atoms with Crippen LogP contribution < -0.4 is 5.32 Å². The highest BCUT2D eigenvalue weighted by atomic mass is 16.4. The number of hydrogen-bond acceptors (Lipinski definition) is 4. The molecule has 3 N–H and O–H groups in total. The number of urea groups is 1. The number of likely N-dealkylation sites (tertiary alicyclic amines) is 1. The average molecular weight is 273 g/mol. The molecule has 1 heterocycles. The first-order valence-electron chi connectivity index (χ1n) is 5.55. The van der Waals surface area contributed by atoms with Gasteiger partial charge in [-0.25, -0.2) is 4.79 Å². The van der Waals surface area contributed by atoms with Crippen LogP contribution in [0, 0.1) is 0 Å². The molecule has 0 aliphatic carbocycles. The summed E-state index contributed by atoms with van der Waals surface area (Å²) in [7, 11) is 1.58. The lowest BCUT2D eigenvalue weighted by atomic mass is 10.2. The van der Waals surface area contributed by atoms with Crippen molar-refractivity contribution in [3.63, 3.8) is 0 Å². The van der Waals surface area contributed by atoms with E-state index in [4.69, 9.17) is 10.2 Å². The van der Waals surface area contributed by atoms with Crippen LogP contribution >= 0.6 is 0 Å². The van der Waals surface area contributed by atoms with E-state index in [9.17, 15) is 19.2 Å². The van der Waals surface area contributed by atoms with E-state index in [2.05, 4.69) is 5.32 Å². The van der Waals surface area contributed by atoms with Crippen LogP contribution in [0.4, 0.5) is 4.79 Å². The van der Waals surface area contributed by atoms with E-state index in [1.54, 1.807) is 7.05 Å². The second-order valence-corrected chi connectivity index (χ2v) is 4.19. The van der Waals surface area contributed by atoms with Crippen LogP contribution in [0.2, 0.25) is 0 Å². The second-order valence-electron chi connectivity index (χ2n) is 4.19. The van der Waals surface area contributed by atoms with E-state index in [1.165, 1.54) is 4.90 Å². The van der Waals surface area contributed by atoms with Gasteiger partial charge in [0, 0.05) is 13.6 Å². The number of carboxylic acids is 2. The summed E-state index contributed by atoms with van der Waals surface area (Å²) in [6.45, 7) is -0.995. The fourth-order valence-electron chi connectivity index (χ4n) is 1.72.